The Labute approximate surface area is 183 Å². The van der Waals surface area contributed by atoms with E-state index in [-0.39, 0.29) is 18.1 Å². The highest BCUT2D eigenvalue weighted by Crippen LogP contribution is 2.29. The molecule has 2 aromatic rings. The number of piperidine rings is 1. The average molecular weight is 425 g/mol. The van der Waals surface area contributed by atoms with E-state index in [1.54, 1.807) is 0 Å². The van der Waals surface area contributed by atoms with Gasteiger partial charge in [0.25, 0.3) is 0 Å². The summed E-state index contributed by atoms with van der Waals surface area (Å²) in [6.07, 6.45) is 3.52. The Balaban J connectivity index is 1.27. The second-order valence-electron chi connectivity index (χ2n) is 8.60. The molecule has 2 aliphatic rings. The Morgan fingerprint density at radius 2 is 1.70 bits per heavy atom. The first-order chi connectivity index (χ1) is 14.5. The molecule has 30 heavy (non-hydrogen) atoms. The maximum Gasteiger partial charge on any atom is 0.223 e. The van der Waals surface area contributed by atoms with E-state index < -0.39 is 0 Å². The fraction of sp³-hybridized carbons (Fsp3) is 0.440. The number of fused-ring (bicyclic) bond motifs is 1. The highest BCUT2D eigenvalue weighted by Gasteiger charge is 2.24. The fourth-order valence-corrected chi connectivity index (χ4v) is 4.72. The number of ketones is 1. The van der Waals surface area contributed by atoms with Crippen LogP contribution < -0.4 is 0 Å². The zero-order valence-corrected chi connectivity index (χ0v) is 18.3. The van der Waals surface area contributed by atoms with E-state index in [4.69, 9.17) is 11.6 Å². The van der Waals surface area contributed by atoms with Crippen LogP contribution in [-0.2, 0) is 17.8 Å². The van der Waals surface area contributed by atoms with Crippen molar-refractivity contribution in [1.29, 1.82) is 0 Å². The fourth-order valence-electron chi connectivity index (χ4n) is 4.59. The summed E-state index contributed by atoms with van der Waals surface area (Å²) in [7, 11) is 2.10. The molecule has 0 N–H and O–H groups in total. The number of nitrogens with zero attached hydrogens (tertiary/aromatic N) is 2. The van der Waals surface area contributed by atoms with Crippen molar-refractivity contribution >= 4 is 23.3 Å². The third kappa shape index (κ3) is 4.93. The van der Waals surface area contributed by atoms with Gasteiger partial charge in [-0.3, -0.25) is 9.59 Å². The summed E-state index contributed by atoms with van der Waals surface area (Å²) in [5, 5.41) is 0.752. The molecular formula is C25H29ClN2O2. The first kappa shape index (κ1) is 21.1. The summed E-state index contributed by atoms with van der Waals surface area (Å²) in [6.45, 7) is 3.46. The van der Waals surface area contributed by atoms with E-state index in [0.29, 0.717) is 12.3 Å². The zero-order valence-electron chi connectivity index (χ0n) is 17.6. The number of halogens is 1. The quantitative estimate of drug-likeness (QED) is 0.653. The van der Waals surface area contributed by atoms with Gasteiger partial charge < -0.3 is 9.80 Å². The second kappa shape index (κ2) is 9.32. The number of benzene rings is 2. The monoisotopic (exact) mass is 424 g/mol. The molecule has 0 unspecified atom stereocenters. The Kier molecular flexibility index (Phi) is 6.55. The molecule has 0 aliphatic carbocycles. The van der Waals surface area contributed by atoms with Crippen molar-refractivity contribution in [3.63, 3.8) is 0 Å². The molecule has 0 aromatic heterocycles. The van der Waals surface area contributed by atoms with Crippen molar-refractivity contribution in [2.24, 2.45) is 0 Å². The van der Waals surface area contributed by atoms with Crippen LogP contribution in [-0.4, -0.2) is 48.2 Å². The molecule has 0 bridgehead atoms. The predicted octanol–water partition coefficient (Wildman–Crippen LogP) is 4.70. The van der Waals surface area contributed by atoms with Crippen LogP contribution in [0.4, 0.5) is 0 Å². The number of hydrogen-bond acceptors (Lipinski definition) is 3. The maximum absolute atomic E-state index is 12.7. The van der Waals surface area contributed by atoms with Gasteiger partial charge in [-0.25, -0.2) is 0 Å². The molecular weight excluding hydrogens is 396 g/mol. The van der Waals surface area contributed by atoms with Gasteiger partial charge in [0.2, 0.25) is 5.91 Å². The minimum absolute atomic E-state index is 0.0652. The molecule has 0 spiro atoms. The lowest BCUT2D eigenvalue weighted by Gasteiger charge is -2.32. The largest absolute Gasteiger partial charge is 0.343 e. The molecule has 2 aromatic carbocycles. The van der Waals surface area contributed by atoms with E-state index in [1.165, 1.54) is 16.7 Å². The molecule has 158 valence electrons. The first-order valence-corrected chi connectivity index (χ1v) is 11.2. The summed E-state index contributed by atoms with van der Waals surface area (Å²) in [6, 6.07) is 14.1. The van der Waals surface area contributed by atoms with Gasteiger partial charge >= 0.3 is 0 Å². The van der Waals surface area contributed by atoms with Crippen molar-refractivity contribution in [3.05, 3.63) is 69.7 Å². The summed E-state index contributed by atoms with van der Waals surface area (Å²) in [4.78, 5) is 29.5. The molecule has 2 heterocycles. The molecule has 2 aliphatic heterocycles. The highest BCUT2D eigenvalue weighted by molar-refractivity contribution is 6.30. The van der Waals surface area contributed by atoms with Crippen molar-refractivity contribution in [2.75, 3.05) is 26.7 Å². The molecule has 1 saturated heterocycles. The van der Waals surface area contributed by atoms with Gasteiger partial charge in [-0.15, -0.1) is 0 Å². The average Bonchev–Trinajstić information content (AvgIpc) is 2.77. The van der Waals surface area contributed by atoms with E-state index in [9.17, 15) is 9.59 Å². The zero-order chi connectivity index (χ0) is 21.1. The Hall–Kier alpha value is -2.17. The van der Waals surface area contributed by atoms with Gasteiger partial charge in [-0.1, -0.05) is 35.9 Å². The third-order valence-corrected chi connectivity index (χ3v) is 6.74. The van der Waals surface area contributed by atoms with Crippen LogP contribution in [0.25, 0.3) is 0 Å². The maximum atomic E-state index is 12.7. The van der Waals surface area contributed by atoms with Crippen LogP contribution in [0.2, 0.25) is 5.02 Å². The first-order valence-electron chi connectivity index (χ1n) is 10.9. The predicted molar refractivity (Wildman–Crippen MR) is 120 cm³/mol. The van der Waals surface area contributed by atoms with Gasteiger partial charge in [0.1, 0.15) is 0 Å². The molecule has 5 heteroatoms. The van der Waals surface area contributed by atoms with Gasteiger partial charge in [0, 0.05) is 49.6 Å². The number of hydrogen-bond donors (Lipinski definition) is 0. The van der Waals surface area contributed by atoms with Crippen LogP contribution in [0.5, 0.6) is 0 Å². The third-order valence-electron chi connectivity index (χ3n) is 6.49. The summed E-state index contributed by atoms with van der Waals surface area (Å²) < 4.78 is 0. The lowest BCUT2D eigenvalue weighted by Crippen LogP contribution is -2.38. The van der Waals surface area contributed by atoms with Crippen molar-refractivity contribution < 1.29 is 9.59 Å². The molecule has 4 nitrogen and oxygen atoms in total. The number of likely N-dealkylation sites (N-methyl/N-ethyl adjacent to an activating group) is 1. The van der Waals surface area contributed by atoms with Gasteiger partial charge in [0.15, 0.2) is 5.78 Å². The highest BCUT2D eigenvalue weighted by atomic mass is 35.5. The second-order valence-corrected chi connectivity index (χ2v) is 9.04. The Morgan fingerprint density at radius 1 is 0.967 bits per heavy atom. The van der Waals surface area contributed by atoms with E-state index >= 15 is 0 Å². The van der Waals surface area contributed by atoms with Crippen LogP contribution in [0.3, 0.4) is 0 Å². The van der Waals surface area contributed by atoms with Gasteiger partial charge in [-0.05, 0) is 67.1 Å². The summed E-state index contributed by atoms with van der Waals surface area (Å²) >= 11 is 5.98. The van der Waals surface area contributed by atoms with Crippen LogP contribution >= 0.6 is 11.6 Å². The van der Waals surface area contributed by atoms with Crippen molar-refractivity contribution in [1.82, 2.24) is 9.80 Å². The SMILES string of the molecule is CN1CCc2ccc(C(=O)CCC(=O)N3CCC(c4ccc(Cl)cc4)CC3)cc2C1. The molecule has 0 atom stereocenters. The van der Waals surface area contributed by atoms with E-state index in [1.807, 2.05) is 29.2 Å². The normalized spacial score (nSPS) is 17.6. The van der Waals surface area contributed by atoms with E-state index in [0.717, 1.165) is 56.0 Å². The minimum Gasteiger partial charge on any atom is -0.343 e. The topological polar surface area (TPSA) is 40.6 Å². The molecule has 1 fully saturated rings. The van der Waals surface area contributed by atoms with Crippen LogP contribution in [0, 0.1) is 0 Å². The molecule has 4 rings (SSSR count). The number of carbonyl (C=O) groups excluding carboxylic acids is 2. The van der Waals surface area contributed by atoms with Gasteiger partial charge in [0.05, 0.1) is 0 Å². The summed E-state index contributed by atoms with van der Waals surface area (Å²) in [5.74, 6) is 0.632. The van der Waals surface area contributed by atoms with Gasteiger partial charge in [-0.2, -0.15) is 0 Å². The van der Waals surface area contributed by atoms with Crippen molar-refractivity contribution in [2.45, 2.75) is 44.6 Å². The smallest absolute Gasteiger partial charge is 0.223 e. The summed E-state index contributed by atoms with van der Waals surface area (Å²) in [5.41, 5.74) is 4.60. The van der Waals surface area contributed by atoms with Crippen LogP contribution in [0.15, 0.2) is 42.5 Å². The van der Waals surface area contributed by atoms with E-state index in [2.05, 4.69) is 30.1 Å². The molecule has 0 saturated carbocycles. The number of amides is 1. The number of carbonyl (C=O) groups is 2. The van der Waals surface area contributed by atoms with Crippen LogP contribution in [0.1, 0.15) is 58.6 Å². The minimum atomic E-state index is 0.0652. The Bertz CT molecular complexity index is 917. The number of likely N-dealkylation sites (tertiary alicyclic amines) is 1. The lowest BCUT2D eigenvalue weighted by atomic mass is 9.89. The standard InChI is InChI=1S/C25H29ClN2O2/c1-27-13-10-19-2-3-21(16-22(19)17-27)24(29)8-9-25(30)28-14-11-20(12-15-28)18-4-6-23(26)7-5-18/h2-7,16,20H,8-15,17H2,1H3. The number of Topliss-reactive ketones (excluding diaryl/α,β-unsaturated/α-hetero) is 1. The lowest BCUT2D eigenvalue weighted by molar-refractivity contribution is -0.132. The number of rotatable bonds is 5. The Morgan fingerprint density at radius 3 is 2.43 bits per heavy atom. The van der Waals surface area contributed by atoms with Crippen molar-refractivity contribution in [3.8, 4) is 0 Å². The molecule has 0 radical (unpaired) electrons. The molecule has 1 amide bonds.